The molecular formula is C22H30N4O2S. The monoisotopic (exact) mass is 414 g/mol. The van der Waals surface area contributed by atoms with Crippen LogP contribution in [0.3, 0.4) is 0 Å². The van der Waals surface area contributed by atoms with E-state index in [1.165, 1.54) is 30.3 Å². The molecule has 2 saturated heterocycles. The first-order chi connectivity index (χ1) is 14.1. The van der Waals surface area contributed by atoms with Gasteiger partial charge in [-0.15, -0.1) is 0 Å². The lowest BCUT2D eigenvalue weighted by atomic mass is 10.2. The molecule has 29 heavy (non-hydrogen) atoms. The molecule has 0 bridgehead atoms. The third kappa shape index (κ3) is 4.95. The van der Waals surface area contributed by atoms with Gasteiger partial charge in [-0.2, -0.15) is 0 Å². The van der Waals surface area contributed by atoms with Crippen LogP contribution in [0.2, 0.25) is 0 Å². The van der Waals surface area contributed by atoms with Crippen LogP contribution in [0.15, 0.2) is 29.4 Å². The normalized spacial score (nSPS) is 19.1. The molecule has 0 radical (unpaired) electrons. The van der Waals surface area contributed by atoms with Crippen molar-refractivity contribution in [1.82, 2.24) is 9.55 Å². The number of amides is 1. The van der Waals surface area contributed by atoms with Crippen LogP contribution in [0.4, 0.5) is 11.4 Å². The van der Waals surface area contributed by atoms with Gasteiger partial charge >= 0.3 is 0 Å². The number of imidazole rings is 1. The van der Waals surface area contributed by atoms with E-state index in [-0.39, 0.29) is 12.0 Å². The van der Waals surface area contributed by atoms with Gasteiger partial charge in [0.05, 0.1) is 24.1 Å². The molecule has 0 saturated carbocycles. The van der Waals surface area contributed by atoms with Crippen molar-refractivity contribution < 1.29 is 9.53 Å². The van der Waals surface area contributed by atoms with Crippen molar-refractivity contribution in [2.75, 3.05) is 35.7 Å². The first kappa shape index (κ1) is 20.3. The Morgan fingerprint density at radius 2 is 1.97 bits per heavy atom. The van der Waals surface area contributed by atoms with Crippen LogP contribution in [0.5, 0.6) is 0 Å². The van der Waals surface area contributed by atoms with Crippen LogP contribution >= 0.6 is 11.8 Å². The molecule has 0 spiro atoms. The minimum atomic E-state index is -0.00843. The van der Waals surface area contributed by atoms with Crippen LogP contribution in [0.25, 0.3) is 0 Å². The second kappa shape index (κ2) is 9.22. The van der Waals surface area contributed by atoms with Gasteiger partial charge in [0.25, 0.3) is 0 Å². The van der Waals surface area contributed by atoms with Crippen LogP contribution in [0, 0.1) is 13.8 Å². The standard InChI is InChI=1S/C22H30N4O2S/c1-16-17(2)26(14-20-6-5-13-28-20)22(23-16)29-15-21(27)24-18-7-9-19(10-8-18)25-11-3-4-12-25/h7-10,20H,3-6,11-15H2,1-2H3,(H,24,27)/t20-/m1/s1. The van der Waals surface area contributed by atoms with Crippen LogP contribution < -0.4 is 10.2 Å². The van der Waals surface area contributed by atoms with E-state index in [4.69, 9.17) is 4.74 Å². The second-order valence-corrected chi connectivity index (χ2v) is 8.83. The summed E-state index contributed by atoms with van der Waals surface area (Å²) in [6, 6.07) is 8.16. The maximum Gasteiger partial charge on any atom is 0.234 e. The van der Waals surface area contributed by atoms with Gasteiger partial charge in [-0.25, -0.2) is 4.98 Å². The number of thioether (sulfide) groups is 1. The zero-order valence-electron chi connectivity index (χ0n) is 17.3. The van der Waals surface area contributed by atoms with Gasteiger partial charge in [-0.3, -0.25) is 4.79 Å². The van der Waals surface area contributed by atoms with Gasteiger partial charge in [0.15, 0.2) is 5.16 Å². The van der Waals surface area contributed by atoms with Crippen LogP contribution in [-0.2, 0) is 16.1 Å². The maximum absolute atomic E-state index is 12.5. The molecule has 2 aromatic rings. The Kier molecular flexibility index (Phi) is 6.45. The Balaban J connectivity index is 1.33. The minimum Gasteiger partial charge on any atom is -0.376 e. The third-order valence-corrected chi connectivity index (χ3v) is 6.76. The molecule has 1 amide bonds. The summed E-state index contributed by atoms with van der Waals surface area (Å²) >= 11 is 1.49. The molecule has 4 rings (SSSR count). The van der Waals surface area contributed by atoms with E-state index in [1.54, 1.807) is 0 Å². The summed E-state index contributed by atoms with van der Waals surface area (Å²) in [5.74, 6) is 0.334. The molecule has 6 nitrogen and oxygen atoms in total. The van der Waals surface area contributed by atoms with Crippen molar-refractivity contribution in [3.63, 3.8) is 0 Å². The summed E-state index contributed by atoms with van der Waals surface area (Å²) in [5, 5.41) is 3.90. The molecule has 3 heterocycles. The van der Waals surface area contributed by atoms with Crippen molar-refractivity contribution in [3.05, 3.63) is 35.7 Å². The van der Waals surface area contributed by atoms with Crippen molar-refractivity contribution >= 4 is 29.0 Å². The summed E-state index contributed by atoms with van der Waals surface area (Å²) in [6.07, 6.45) is 4.99. The fraction of sp³-hybridized carbons (Fsp3) is 0.545. The predicted octanol–water partition coefficient (Wildman–Crippen LogP) is 4.01. The molecule has 2 aliphatic rings. The fourth-order valence-corrected chi connectivity index (χ4v) is 4.90. The van der Waals surface area contributed by atoms with E-state index in [1.807, 2.05) is 19.1 Å². The van der Waals surface area contributed by atoms with Gasteiger partial charge in [-0.1, -0.05) is 11.8 Å². The average molecular weight is 415 g/mol. The number of hydrogen-bond donors (Lipinski definition) is 1. The Morgan fingerprint density at radius 3 is 2.66 bits per heavy atom. The lowest BCUT2D eigenvalue weighted by molar-refractivity contribution is -0.113. The second-order valence-electron chi connectivity index (χ2n) is 7.89. The number of carbonyl (C=O) groups excluding carboxylic acids is 1. The Labute approximate surface area is 177 Å². The van der Waals surface area contributed by atoms with E-state index < -0.39 is 0 Å². The number of anilines is 2. The summed E-state index contributed by atoms with van der Waals surface area (Å²) < 4.78 is 7.99. The van der Waals surface area contributed by atoms with Crippen molar-refractivity contribution in [3.8, 4) is 0 Å². The third-order valence-electron chi connectivity index (χ3n) is 5.79. The van der Waals surface area contributed by atoms with E-state index in [9.17, 15) is 4.79 Å². The Morgan fingerprint density at radius 1 is 1.21 bits per heavy atom. The largest absolute Gasteiger partial charge is 0.376 e. The molecule has 2 aliphatic heterocycles. The van der Waals surface area contributed by atoms with E-state index in [0.29, 0.717) is 5.75 Å². The van der Waals surface area contributed by atoms with Gasteiger partial charge in [0.2, 0.25) is 5.91 Å². The molecule has 156 valence electrons. The lowest BCUT2D eigenvalue weighted by Gasteiger charge is -2.17. The van der Waals surface area contributed by atoms with Gasteiger partial charge in [0, 0.05) is 36.8 Å². The van der Waals surface area contributed by atoms with Crippen LogP contribution in [-0.4, -0.2) is 47.0 Å². The van der Waals surface area contributed by atoms with Crippen LogP contribution in [0.1, 0.15) is 37.1 Å². The highest BCUT2D eigenvalue weighted by Gasteiger charge is 2.21. The van der Waals surface area contributed by atoms with E-state index in [0.717, 1.165) is 61.3 Å². The highest BCUT2D eigenvalue weighted by molar-refractivity contribution is 7.99. The number of nitrogens with zero attached hydrogens (tertiary/aromatic N) is 3. The smallest absolute Gasteiger partial charge is 0.234 e. The molecule has 1 atom stereocenters. The highest BCUT2D eigenvalue weighted by atomic mass is 32.2. The molecule has 0 unspecified atom stereocenters. The lowest BCUT2D eigenvalue weighted by Crippen LogP contribution is -2.19. The topological polar surface area (TPSA) is 59.4 Å². The quantitative estimate of drug-likeness (QED) is 0.694. The minimum absolute atomic E-state index is 0.00843. The van der Waals surface area contributed by atoms with Gasteiger partial charge in [0.1, 0.15) is 0 Å². The van der Waals surface area contributed by atoms with Crippen molar-refractivity contribution in [1.29, 1.82) is 0 Å². The number of aryl methyl sites for hydroxylation is 1. The molecular weight excluding hydrogens is 384 g/mol. The summed E-state index contributed by atoms with van der Waals surface area (Å²) in [5.41, 5.74) is 4.25. The fourth-order valence-electron chi connectivity index (χ4n) is 4.00. The Bertz CT molecular complexity index is 837. The van der Waals surface area contributed by atoms with E-state index >= 15 is 0 Å². The molecule has 1 aromatic carbocycles. The summed E-state index contributed by atoms with van der Waals surface area (Å²) in [7, 11) is 0. The summed E-state index contributed by atoms with van der Waals surface area (Å²) in [4.78, 5) is 19.5. The predicted molar refractivity (Wildman–Crippen MR) is 118 cm³/mol. The summed E-state index contributed by atoms with van der Waals surface area (Å²) in [6.45, 7) is 8.02. The highest BCUT2D eigenvalue weighted by Crippen LogP contribution is 2.25. The molecule has 1 aromatic heterocycles. The zero-order chi connectivity index (χ0) is 20.2. The number of nitrogens with one attached hydrogen (secondary N) is 1. The number of benzene rings is 1. The SMILES string of the molecule is Cc1nc(SCC(=O)Nc2ccc(N3CCCC3)cc2)n(C[C@H]2CCCO2)c1C. The van der Waals surface area contributed by atoms with Crippen molar-refractivity contribution in [2.45, 2.75) is 57.3 Å². The van der Waals surface area contributed by atoms with Gasteiger partial charge in [-0.05, 0) is 63.8 Å². The number of hydrogen-bond acceptors (Lipinski definition) is 5. The zero-order valence-corrected chi connectivity index (χ0v) is 18.1. The molecule has 1 N–H and O–H groups in total. The molecule has 7 heteroatoms. The van der Waals surface area contributed by atoms with E-state index in [2.05, 4.69) is 38.8 Å². The first-order valence-electron chi connectivity index (χ1n) is 10.5. The number of rotatable bonds is 7. The van der Waals surface area contributed by atoms with Gasteiger partial charge < -0.3 is 19.5 Å². The number of ether oxygens (including phenoxy) is 1. The average Bonchev–Trinajstić information content (AvgIpc) is 3.47. The van der Waals surface area contributed by atoms with Crippen molar-refractivity contribution in [2.24, 2.45) is 0 Å². The number of carbonyl (C=O) groups is 1. The maximum atomic E-state index is 12.5. The molecule has 0 aliphatic carbocycles. The number of aromatic nitrogens is 2. The Hall–Kier alpha value is -1.99. The first-order valence-corrected chi connectivity index (χ1v) is 11.5. The molecule has 2 fully saturated rings.